The first kappa shape index (κ1) is 19.4. The van der Waals surface area contributed by atoms with E-state index in [9.17, 15) is 9.59 Å². The third-order valence-corrected chi connectivity index (χ3v) is 5.37. The van der Waals surface area contributed by atoms with Gasteiger partial charge in [-0.25, -0.2) is 14.0 Å². The molecule has 2 aromatic rings. The summed E-state index contributed by atoms with van der Waals surface area (Å²) in [5.41, 5.74) is 1.59. The van der Waals surface area contributed by atoms with Gasteiger partial charge in [0.25, 0.3) is 0 Å². The van der Waals surface area contributed by atoms with Gasteiger partial charge in [-0.05, 0) is 69.3 Å². The number of carboxylic acid groups (broad SMARTS) is 1. The summed E-state index contributed by atoms with van der Waals surface area (Å²) in [4.78, 5) is 23.8. The number of aromatic nitrogens is 3. The number of nitrogens with zero attached hydrogens (tertiary/aromatic N) is 3. The molecule has 1 aliphatic rings. The Hall–Kier alpha value is -2.41. The number of benzene rings is 1. The van der Waals surface area contributed by atoms with Gasteiger partial charge in [0.1, 0.15) is 5.82 Å². The number of rotatable bonds is 7. The highest BCUT2D eigenvalue weighted by Crippen LogP contribution is 2.17. The molecule has 2 heterocycles. The van der Waals surface area contributed by atoms with Crippen LogP contribution in [-0.2, 0) is 17.8 Å². The van der Waals surface area contributed by atoms with Crippen molar-refractivity contribution < 1.29 is 9.90 Å². The lowest BCUT2D eigenvalue weighted by Crippen LogP contribution is -2.30. The van der Waals surface area contributed by atoms with Crippen molar-refractivity contribution in [3.8, 4) is 5.69 Å². The molecule has 1 aliphatic heterocycles. The minimum atomic E-state index is -0.804. The SMILES string of the molecule is Cc1nn(CCC2CCNCC2)c(=O)n1-c1ccc(CC(C)C(=O)O)cc1. The average molecular weight is 372 g/mol. The van der Waals surface area contributed by atoms with Crippen molar-refractivity contribution in [2.75, 3.05) is 13.1 Å². The molecule has 146 valence electrons. The molecule has 1 aromatic carbocycles. The third-order valence-electron chi connectivity index (χ3n) is 5.37. The number of carbonyl (C=O) groups is 1. The quantitative estimate of drug-likeness (QED) is 0.776. The molecular weight excluding hydrogens is 344 g/mol. The van der Waals surface area contributed by atoms with Crippen LogP contribution in [0.1, 0.15) is 37.6 Å². The lowest BCUT2D eigenvalue weighted by molar-refractivity contribution is -0.141. The summed E-state index contributed by atoms with van der Waals surface area (Å²) in [6, 6.07) is 7.48. The van der Waals surface area contributed by atoms with Gasteiger partial charge in [0, 0.05) is 6.54 Å². The molecule has 1 fully saturated rings. The smallest absolute Gasteiger partial charge is 0.350 e. The Balaban J connectivity index is 1.72. The molecule has 0 amide bonds. The van der Waals surface area contributed by atoms with Crippen molar-refractivity contribution in [3.05, 3.63) is 46.1 Å². The van der Waals surface area contributed by atoms with Crippen molar-refractivity contribution in [1.29, 1.82) is 0 Å². The van der Waals surface area contributed by atoms with Gasteiger partial charge in [-0.3, -0.25) is 4.79 Å². The van der Waals surface area contributed by atoms with Gasteiger partial charge < -0.3 is 10.4 Å². The first-order valence-electron chi connectivity index (χ1n) is 9.65. The fourth-order valence-electron chi connectivity index (χ4n) is 3.66. The van der Waals surface area contributed by atoms with Gasteiger partial charge in [-0.15, -0.1) is 0 Å². The topological polar surface area (TPSA) is 89.2 Å². The number of carboxylic acids is 1. The van der Waals surface area contributed by atoms with Gasteiger partial charge in [0.2, 0.25) is 0 Å². The maximum Gasteiger partial charge on any atom is 0.350 e. The molecule has 0 bridgehead atoms. The van der Waals surface area contributed by atoms with Crippen molar-refractivity contribution >= 4 is 5.97 Å². The van der Waals surface area contributed by atoms with Crippen LogP contribution in [-0.4, -0.2) is 38.5 Å². The van der Waals surface area contributed by atoms with Crippen molar-refractivity contribution in [2.24, 2.45) is 11.8 Å². The molecular formula is C20H28N4O3. The van der Waals surface area contributed by atoms with E-state index in [0.29, 0.717) is 24.7 Å². The van der Waals surface area contributed by atoms with E-state index < -0.39 is 11.9 Å². The van der Waals surface area contributed by atoms with E-state index in [4.69, 9.17) is 5.11 Å². The summed E-state index contributed by atoms with van der Waals surface area (Å²) in [5.74, 6) is 0.0790. The van der Waals surface area contributed by atoms with Crippen LogP contribution >= 0.6 is 0 Å². The molecule has 2 N–H and O–H groups in total. The third kappa shape index (κ3) is 4.66. The molecule has 1 atom stereocenters. The second-order valence-corrected chi connectivity index (χ2v) is 7.48. The lowest BCUT2D eigenvalue weighted by Gasteiger charge is -2.22. The Kier molecular flexibility index (Phi) is 6.11. The number of hydrogen-bond acceptors (Lipinski definition) is 4. The summed E-state index contributed by atoms with van der Waals surface area (Å²) in [6.07, 6.45) is 3.76. The molecule has 0 aliphatic carbocycles. The second-order valence-electron chi connectivity index (χ2n) is 7.48. The Morgan fingerprint density at radius 3 is 2.59 bits per heavy atom. The standard InChI is InChI=1S/C20H28N4O3/c1-14(19(25)26)13-17-3-5-18(6-4-17)24-15(2)22-23(20(24)27)12-9-16-7-10-21-11-8-16/h3-6,14,16,21H,7-13H2,1-2H3,(H,25,26). The first-order valence-corrected chi connectivity index (χ1v) is 9.65. The zero-order valence-corrected chi connectivity index (χ0v) is 16.0. The van der Waals surface area contributed by atoms with E-state index in [1.54, 1.807) is 16.2 Å². The molecule has 27 heavy (non-hydrogen) atoms. The van der Waals surface area contributed by atoms with Gasteiger partial charge in [-0.1, -0.05) is 19.1 Å². The lowest BCUT2D eigenvalue weighted by atomic mass is 9.95. The molecule has 0 radical (unpaired) electrons. The number of nitrogens with one attached hydrogen (secondary N) is 1. The van der Waals surface area contributed by atoms with E-state index in [2.05, 4.69) is 10.4 Å². The molecule has 1 unspecified atom stereocenters. The van der Waals surface area contributed by atoms with E-state index in [0.717, 1.165) is 43.6 Å². The van der Waals surface area contributed by atoms with Crippen LogP contribution < -0.4 is 11.0 Å². The Labute approximate surface area is 159 Å². The summed E-state index contributed by atoms with van der Waals surface area (Å²) < 4.78 is 3.19. The normalized spacial score (nSPS) is 16.4. The van der Waals surface area contributed by atoms with Crippen LogP contribution in [0.5, 0.6) is 0 Å². The van der Waals surface area contributed by atoms with E-state index >= 15 is 0 Å². The van der Waals surface area contributed by atoms with Crippen LogP contribution in [0.4, 0.5) is 0 Å². The Morgan fingerprint density at radius 2 is 1.96 bits per heavy atom. The van der Waals surface area contributed by atoms with Gasteiger partial charge in [0.05, 0.1) is 11.6 Å². The summed E-state index contributed by atoms with van der Waals surface area (Å²) >= 11 is 0. The predicted molar refractivity (Wildman–Crippen MR) is 103 cm³/mol. The monoisotopic (exact) mass is 372 g/mol. The number of aliphatic carboxylic acids is 1. The van der Waals surface area contributed by atoms with Crippen molar-refractivity contribution in [3.63, 3.8) is 0 Å². The molecule has 7 heteroatoms. The summed E-state index contributed by atoms with van der Waals surface area (Å²) in [5, 5.41) is 16.8. The second kappa shape index (κ2) is 8.52. The van der Waals surface area contributed by atoms with Crippen molar-refractivity contribution in [1.82, 2.24) is 19.7 Å². The van der Waals surface area contributed by atoms with Crippen molar-refractivity contribution in [2.45, 2.75) is 46.1 Å². The van der Waals surface area contributed by atoms with E-state index in [1.807, 2.05) is 31.2 Å². The highest BCUT2D eigenvalue weighted by molar-refractivity contribution is 5.69. The Bertz CT molecular complexity index is 832. The molecule has 7 nitrogen and oxygen atoms in total. The molecule has 0 spiro atoms. The summed E-state index contributed by atoms with van der Waals surface area (Å²) in [7, 11) is 0. The minimum Gasteiger partial charge on any atom is -0.481 e. The largest absolute Gasteiger partial charge is 0.481 e. The number of hydrogen-bond donors (Lipinski definition) is 2. The van der Waals surface area contributed by atoms with Crippen LogP contribution in [0.3, 0.4) is 0 Å². The van der Waals surface area contributed by atoms with E-state index in [1.165, 1.54) is 0 Å². The van der Waals surface area contributed by atoms with Crippen LogP contribution in [0.15, 0.2) is 29.1 Å². The summed E-state index contributed by atoms with van der Waals surface area (Å²) in [6.45, 7) is 6.28. The number of aryl methyl sites for hydroxylation is 2. The molecule has 1 aromatic heterocycles. The number of piperidine rings is 1. The van der Waals surface area contributed by atoms with Crippen LogP contribution in [0.25, 0.3) is 5.69 Å². The van der Waals surface area contributed by atoms with Gasteiger partial charge in [-0.2, -0.15) is 5.10 Å². The average Bonchev–Trinajstić information content (AvgIpc) is 2.95. The zero-order valence-electron chi connectivity index (χ0n) is 16.0. The predicted octanol–water partition coefficient (Wildman–Crippen LogP) is 2.00. The maximum atomic E-state index is 12.8. The molecule has 3 rings (SSSR count). The van der Waals surface area contributed by atoms with Gasteiger partial charge in [0.15, 0.2) is 0 Å². The fraction of sp³-hybridized carbons (Fsp3) is 0.550. The van der Waals surface area contributed by atoms with Gasteiger partial charge >= 0.3 is 11.7 Å². The van der Waals surface area contributed by atoms with Crippen LogP contribution in [0, 0.1) is 18.8 Å². The zero-order chi connectivity index (χ0) is 19.4. The fourth-order valence-corrected chi connectivity index (χ4v) is 3.66. The minimum absolute atomic E-state index is 0.118. The highest BCUT2D eigenvalue weighted by atomic mass is 16.4. The maximum absolute atomic E-state index is 12.8. The highest BCUT2D eigenvalue weighted by Gasteiger charge is 2.17. The van der Waals surface area contributed by atoms with E-state index in [-0.39, 0.29) is 5.69 Å². The van der Waals surface area contributed by atoms with Crippen LogP contribution in [0.2, 0.25) is 0 Å². The Morgan fingerprint density at radius 1 is 1.30 bits per heavy atom. The molecule has 1 saturated heterocycles. The molecule has 0 saturated carbocycles. The first-order chi connectivity index (χ1) is 13.0.